The van der Waals surface area contributed by atoms with E-state index in [2.05, 4.69) is 15.2 Å². The maximum absolute atomic E-state index is 11.3. The molecule has 2 N–H and O–H groups in total. The maximum Gasteiger partial charge on any atom is 0.248 e. The van der Waals surface area contributed by atoms with E-state index in [1.54, 1.807) is 6.07 Å². The second kappa shape index (κ2) is 7.57. The first-order valence-electron chi connectivity index (χ1n) is 7.35. The minimum absolute atomic E-state index is 0.00332. The molecule has 1 aliphatic carbocycles. The molecule has 1 unspecified atom stereocenters. The van der Waals surface area contributed by atoms with Crippen molar-refractivity contribution in [3.8, 4) is 0 Å². The number of rotatable bonds is 7. The van der Waals surface area contributed by atoms with Gasteiger partial charge in [-0.3, -0.25) is 4.79 Å². The molecule has 0 aromatic carbocycles. The number of fused-ring (bicyclic) bond motifs is 1. The third-order valence-electron chi connectivity index (χ3n) is 3.65. The van der Waals surface area contributed by atoms with Crippen LogP contribution in [0.4, 0.5) is 0 Å². The molecule has 0 radical (unpaired) electrons. The van der Waals surface area contributed by atoms with Gasteiger partial charge in [0.05, 0.1) is 13.2 Å². The summed E-state index contributed by atoms with van der Waals surface area (Å²) < 4.78 is 5.58. The highest BCUT2D eigenvalue weighted by Crippen LogP contribution is 2.27. The van der Waals surface area contributed by atoms with Crippen LogP contribution in [0, 0.1) is 0 Å². The summed E-state index contributed by atoms with van der Waals surface area (Å²) in [4.78, 5) is 16.4. The van der Waals surface area contributed by atoms with Crippen LogP contribution in [-0.4, -0.2) is 50.3 Å². The summed E-state index contributed by atoms with van der Waals surface area (Å²) in [5, 5.41) is 3.52. The van der Waals surface area contributed by atoms with Gasteiger partial charge in [0.25, 0.3) is 0 Å². The molecule has 2 rings (SSSR count). The van der Waals surface area contributed by atoms with Gasteiger partial charge in [-0.05, 0) is 38.9 Å². The second-order valence-electron chi connectivity index (χ2n) is 5.57. The number of aromatic amines is 1. The maximum atomic E-state index is 11.3. The number of likely N-dealkylation sites (N-methyl/N-ethyl adjacent to an activating group) is 1. The minimum Gasteiger partial charge on any atom is -0.379 e. The van der Waals surface area contributed by atoms with Crippen LogP contribution in [0.3, 0.4) is 0 Å². The normalized spacial score (nSPS) is 18.2. The van der Waals surface area contributed by atoms with Crippen LogP contribution in [0.5, 0.6) is 0 Å². The number of hydrogen-bond acceptors (Lipinski definition) is 4. The highest BCUT2D eigenvalue weighted by molar-refractivity contribution is 5.26. The van der Waals surface area contributed by atoms with Crippen LogP contribution in [0.15, 0.2) is 16.9 Å². The Bertz CT molecular complexity index is 470. The van der Waals surface area contributed by atoms with Crippen molar-refractivity contribution >= 4 is 0 Å². The van der Waals surface area contributed by atoms with Crippen molar-refractivity contribution in [2.45, 2.75) is 25.3 Å². The number of aromatic nitrogens is 1. The smallest absolute Gasteiger partial charge is 0.248 e. The number of nitrogens with one attached hydrogen (secondary N) is 2. The highest BCUT2D eigenvalue weighted by Gasteiger charge is 2.19. The first-order valence-corrected chi connectivity index (χ1v) is 7.35. The van der Waals surface area contributed by atoms with E-state index in [0.29, 0.717) is 6.04 Å². The summed E-state index contributed by atoms with van der Waals surface area (Å²) in [6.45, 7) is 3.29. The number of nitrogens with zero attached hydrogens (tertiary/aromatic N) is 1. The Morgan fingerprint density at radius 1 is 1.40 bits per heavy atom. The highest BCUT2D eigenvalue weighted by atomic mass is 16.5. The van der Waals surface area contributed by atoms with Crippen LogP contribution in [0.1, 0.15) is 30.1 Å². The SMILES string of the molecule is CN(C)CCOCCNC1CCCc2[nH]c(=O)ccc21. The van der Waals surface area contributed by atoms with Crippen LogP contribution >= 0.6 is 0 Å². The Kier molecular flexibility index (Phi) is 5.76. The summed E-state index contributed by atoms with van der Waals surface area (Å²) in [7, 11) is 4.09. The van der Waals surface area contributed by atoms with Crippen LogP contribution in [0.25, 0.3) is 0 Å². The van der Waals surface area contributed by atoms with Crippen molar-refractivity contribution in [2.24, 2.45) is 0 Å². The van der Waals surface area contributed by atoms with Crippen molar-refractivity contribution in [2.75, 3.05) is 40.4 Å². The first-order chi connectivity index (χ1) is 9.66. The van der Waals surface area contributed by atoms with Crippen LogP contribution < -0.4 is 10.9 Å². The Labute approximate surface area is 120 Å². The van der Waals surface area contributed by atoms with E-state index in [-0.39, 0.29) is 5.56 Å². The first kappa shape index (κ1) is 15.2. The van der Waals surface area contributed by atoms with E-state index < -0.39 is 0 Å². The molecule has 5 heteroatoms. The fourth-order valence-electron chi connectivity index (χ4n) is 2.57. The van der Waals surface area contributed by atoms with Gasteiger partial charge in [-0.1, -0.05) is 6.07 Å². The second-order valence-corrected chi connectivity index (χ2v) is 5.57. The van der Waals surface area contributed by atoms with Gasteiger partial charge in [-0.15, -0.1) is 0 Å². The monoisotopic (exact) mass is 279 g/mol. The molecule has 0 fully saturated rings. The van der Waals surface area contributed by atoms with Crippen LogP contribution in [-0.2, 0) is 11.2 Å². The summed E-state index contributed by atoms with van der Waals surface area (Å²) in [6, 6.07) is 3.91. The molecule has 1 atom stereocenters. The van der Waals surface area contributed by atoms with E-state index in [4.69, 9.17) is 4.74 Å². The summed E-state index contributed by atoms with van der Waals surface area (Å²) >= 11 is 0. The molecule has 5 nitrogen and oxygen atoms in total. The quantitative estimate of drug-likeness (QED) is 0.729. The van der Waals surface area contributed by atoms with E-state index >= 15 is 0 Å². The Balaban J connectivity index is 1.76. The molecule has 1 aromatic rings. The van der Waals surface area contributed by atoms with Gasteiger partial charge in [0, 0.05) is 30.9 Å². The lowest BCUT2D eigenvalue weighted by Gasteiger charge is -2.26. The predicted molar refractivity (Wildman–Crippen MR) is 80.1 cm³/mol. The lowest BCUT2D eigenvalue weighted by atomic mass is 9.91. The average Bonchev–Trinajstić information content (AvgIpc) is 2.42. The standard InChI is InChI=1S/C15H25N3O2/c1-18(2)9-11-20-10-8-16-13-4-3-5-14-12(13)6-7-15(19)17-14/h6-7,13,16H,3-5,8-11H2,1-2H3,(H,17,19). The van der Waals surface area contributed by atoms with Gasteiger partial charge in [0.15, 0.2) is 0 Å². The summed E-state index contributed by atoms with van der Waals surface area (Å²) in [5.41, 5.74) is 2.33. The molecule has 0 spiro atoms. The Morgan fingerprint density at radius 3 is 3.05 bits per heavy atom. The zero-order chi connectivity index (χ0) is 14.4. The van der Waals surface area contributed by atoms with Gasteiger partial charge < -0.3 is 19.9 Å². The topological polar surface area (TPSA) is 57.4 Å². The molecule has 1 heterocycles. The summed E-state index contributed by atoms with van der Waals surface area (Å²) in [6.07, 6.45) is 3.21. The lowest BCUT2D eigenvalue weighted by molar-refractivity contribution is 0.117. The van der Waals surface area contributed by atoms with Gasteiger partial charge in [-0.25, -0.2) is 0 Å². The van der Waals surface area contributed by atoms with Crippen molar-refractivity contribution in [3.05, 3.63) is 33.7 Å². The molecule has 0 saturated carbocycles. The van der Waals surface area contributed by atoms with E-state index in [0.717, 1.165) is 51.3 Å². The molecule has 0 bridgehead atoms. The van der Waals surface area contributed by atoms with E-state index in [1.165, 1.54) is 5.56 Å². The number of ether oxygens (including phenoxy) is 1. The molecule has 20 heavy (non-hydrogen) atoms. The number of aryl methyl sites for hydroxylation is 1. The molecule has 112 valence electrons. The van der Waals surface area contributed by atoms with Gasteiger partial charge in [0.1, 0.15) is 0 Å². The Morgan fingerprint density at radius 2 is 2.25 bits per heavy atom. The zero-order valence-corrected chi connectivity index (χ0v) is 12.4. The van der Waals surface area contributed by atoms with Crippen LogP contribution in [0.2, 0.25) is 0 Å². The van der Waals surface area contributed by atoms with Gasteiger partial charge in [0.2, 0.25) is 5.56 Å². The molecule has 1 aromatic heterocycles. The average molecular weight is 279 g/mol. The van der Waals surface area contributed by atoms with Crippen molar-refractivity contribution < 1.29 is 4.74 Å². The Hall–Kier alpha value is -1.17. The zero-order valence-electron chi connectivity index (χ0n) is 12.4. The third-order valence-corrected chi connectivity index (χ3v) is 3.65. The number of H-pyrrole nitrogens is 1. The molecule has 0 aliphatic heterocycles. The lowest BCUT2D eigenvalue weighted by Crippen LogP contribution is -2.30. The predicted octanol–water partition coefficient (Wildman–Crippen LogP) is 0.920. The van der Waals surface area contributed by atoms with Gasteiger partial charge in [-0.2, -0.15) is 0 Å². The number of hydrogen-bond donors (Lipinski definition) is 2. The summed E-state index contributed by atoms with van der Waals surface area (Å²) in [5.74, 6) is 0. The van der Waals surface area contributed by atoms with E-state index in [9.17, 15) is 4.79 Å². The third kappa shape index (κ3) is 4.44. The molecule has 0 saturated heterocycles. The van der Waals surface area contributed by atoms with E-state index in [1.807, 2.05) is 20.2 Å². The molecular formula is C15H25N3O2. The largest absolute Gasteiger partial charge is 0.379 e. The van der Waals surface area contributed by atoms with Crippen molar-refractivity contribution in [1.82, 2.24) is 15.2 Å². The molecule has 0 amide bonds. The van der Waals surface area contributed by atoms with Gasteiger partial charge >= 0.3 is 0 Å². The fourth-order valence-corrected chi connectivity index (χ4v) is 2.57. The fraction of sp³-hybridized carbons (Fsp3) is 0.667. The van der Waals surface area contributed by atoms with Crippen molar-refractivity contribution in [1.29, 1.82) is 0 Å². The van der Waals surface area contributed by atoms with Crippen molar-refractivity contribution in [3.63, 3.8) is 0 Å². The minimum atomic E-state index is -0.00332. The number of pyridine rings is 1. The molecular weight excluding hydrogens is 254 g/mol. The molecule has 1 aliphatic rings.